The predicted molar refractivity (Wildman–Crippen MR) is 51.8 cm³/mol. The molecule has 86 valence electrons. The highest BCUT2D eigenvalue weighted by atomic mass is 16.7. The van der Waals surface area contributed by atoms with E-state index in [1.54, 1.807) is 0 Å². The van der Waals surface area contributed by atoms with E-state index in [0.29, 0.717) is 0 Å². The van der Waals surface area contributed by atoms with Crippen molar-refractivity contribution in [1.29, 1.82) is 0 Å². The molecule has 0 aromatic carbocycles. The number of carbonyl (C=O) groups excluding carboxylic acids is 1. The van der Waals surface area contributed by atoms with Gasteiger partial charge in [-0.1, -0.05) is 0 Å². The predicted octanol–water partition coefficient (Wildman–Crippen LogP) is -0.164. The van der Waals surface area contributed by atoms with Gasteiger partial charge >= 0.3 is 5.97 Å². The van der Waals surface area contributed by atoms with Crippen LogP contribution in [0.5, 0.6) is 5.75 Å². The molecule has 0 spiro atoms. The quantitative estimate of drug-likeness (QED) is 0.677. The Morgan fingerprint density at radius 2 is 2.31 bits per heavy atom. The Bertz CT molecular complexity index is 393. The van der Waals surface area contributed by atoms with Gasteiger partial charge < -0.3 is 9.84 Å². The summed E-state index contributed by atoms with van der Waals surface area (Å²) in [5, 5.41) is 8.29. The molecule has 1 aromatic heterocycles. The second-order valence-corrected chi connectivity index (χ2v) is 2.69. The number of methoxy groups -OCH3 is 1. The van der Waals surface area contributed by atoms with Gasteiger partial charge in [0.05, 0.1) is 18.9 Å². The van der Waals surface area contributed by atoms with Crippen LogP contribution in [0.3, 0.4) is 0 Å². The monoisotopic (exact) mass is 226 g/mol. The van der Waals surface area contributed by atoms with Crippen molar-refractivity contribution in [1.82, 2.24) is 10.5 Å². The van der Waals surface area contributed by atoms with E-state index in [-0.39, 0.29) is 11.3 Å². The lowest BCUT2D eigenvalue weighted by Crippen LogP contribution is -2.27. The van der Waals surface area contributed by atoms with Crippen LogP contribution in [0.4, 0.5) is 0 Å². The molecule has 0 unspecified atom stereocenters. The third kappa shape index (κ3) is 3.21. The molecule has 0 atom stereocenters. The molecule has 1 heterocycles. The summed E-state index contributed by atoms with van der Waals surface area (Å²) in [5.74, 6) is -1.50. The fraction of sp³-hybridized carbons (Fsp3) is 0.222. The lowest BCUT2D eigenvalue weighted by molar-refractivity contribution is -0.144. The number of hydroxylamine groups is 1. The van der Waals surface area contributed by atoms with Crippen LogP contribution in [0.25, 0.3) is 0 Å². The first kappa shape index (κ1) is 11.9. The number of ether oxygens (including phenoxy) is 1. The van der Waals surface area contributed by atoms with Crippen molar-refractivity contribution in [2.45, 2.75) is 0 Å². The summed E-state index contributed by atoms with van der Waals surface area (Å²) in [6.07, 6.45) is 2.78. The summed E-state index contributed by atoms with van der Waals surface area (Å²) < 4.78 is 4.90. The summed E-state index contributed by atoms with van der Waals surface area (Å²) in [5.41, 5.74) is 2.19. The molecule has 1 amide bonds. The number of hydrogen-bond donors (Lipinski definition) is 2. The van der Waals surface area contributed by atoms with Crippen molar-refractivity contribution < 1.29 is 24.3 Å². The third-order valence-corrected chi connectivity index (χ3v) is 1.61. The zero-order valence-corrected chi connectivity index (χ0v) is 8.47. The van der Waals surface area contributed by atoms with E-state index < -0.39 is 18.5 Å². The van der Waals surface area contributed by atoms with E-state index in [1.807, 2.05) is 5.48 Å². The van der Waals surface area contributed by atoms with Gasteiger partial charge in [0.1, 0.15) is 5.75 Å². The van der Waals surface area contributed by atoms with E-state index in [0.717, 1.165) is 0 Å². The molecule has 1 rings (SSSR count). The summed E-state index contributed by atoms with van der Waals surface area (Å²) in [6.45, 7) is -0.612. The molecular weight excluding hydrogens is 216 g/mol. The maximum Gasteiger partial charge on any atom is 0.332 e. The number of nitrogens with one attached hydrogen (secondary N) is 1. The SMILES string of the molecule is COc1cnccc1C(=O)NOCC(=O)O. The Hall–Kier alpha value is -2.15. The van der Waals surface area contributed by atoms with Gasteiger partial charge in [-0.05, 0) is 6.07 Å². The Kier molecular flexibility index (Phi) is 4.22. The molecule has 0 saturated carbocycles. The molecule has 0 bridgehead atoms. The summed E-state index contributed by atoms with van der Waals surface area (Å²) >= 11 is 0. The highest BCUT2D eigenvalue weighted by molar-refractivity contribution is 5.96. The number of carboxylic acids is 1. The Labute approximate surface area is 91.0 Å². The molecule has 0 aliphatic carbocycles. The molecule has 0 aliphatic heterocycles. The van der Waals surface area contributed by atoms with Crippen LogP contribution in [0, 0.1) is 0 Å². The van der Waals surface area contributed by atoms with Gasteiger partial charge in [-0.2, -0.15) is 0 Å². The Morgan fingerprint density at radius 3 is 2.94 bits per heavy atom. The summed E-state index contributed by atoms with van der Waals surface area (Å²) in [4.78, 5) is 29.8. The number of hydrogen-bond acceptors (Lipinski definition) is 5. The molecule has 0 fully saturated rings. The maximum absolute atomic E-state index is 11.5. The fourth-order valence-electron chi connectivity index (χ4n) is 0.949. The number of aromatic nitrogens is 1. The van der Waals surface area contributed by atoms with E-state index in [2.05, 4.69) is 9.82 Å². The topological polar surface area (TPSA) is 97.8 Å². The third-order valence-electron chi connectivity index (χ3n) is 1.61. The minimum Gasteiger partial charge on any atom is -0.494 e. The molecule has 16 heavy (non-hydrogen) atoms. The van der Waals surface area contributed by atoms with Crippen LogP contribution < -0.4 is 10.2 Å². The van der Waals surface area contributed by atoms with Gasteiger partial charge in [-0.3, -0.25) is 14.6 Å². The van der Waals surface area contributed by atoms with Gasteiger partial charge in [0.15, 0.2) is 6.61 Å². The Balaban J connectivity index is 2.62. The van der Waals surface area contributed by atoms with Crippen molar-refractivity contribution in [3.63, 3.8) is 0 Å². The van der Waals surface area contributed by atoms with E-state index in [1.165, 1.54) is 25.6 Å². The Morgan fingerprint density at radius 1 is 1.56 bits per heavy atom. The zero-order chi connectivity index (χ0) is 12.0. The number of carboxylic acid groups (broad SMARTS) is 1. The van der Waals surface area contributed by atoms with Crippen molar-refractivity contribution in [2.75, 3.05) is 13.7 Å². The summed E-state index contributed by atoms with van der Waals surface area (Å²) in [6, 6.07) is 1.43. The number of carbonyl (C=O) groups is 2. The second-order valence-electron chi connectivity index (χ2n) is 2.69. The second kappa shape index (κ2) is 5.66. The molecule has 1 aromatic rings. The van der Waals surface area contributed by atoms with Crippen LogP contribution >= 0.6 is 0 Å². The summed E-state index contributed by atoms with van der Waals surface area (Å²) in [7, 11) is 1.39. The van der Waals surface area contributed by atoms with E-state index >= 15 is 0 Å². The van der Waals surface area contributed by atoms with Crippen molar-refractivity contribution in [2.24, 2.45) is 0 Å². The average molecular weight is 226 g/mol. The van der Waals surface area contributed by atoms with Crippen LogP contribution in [-0.2, 0) is 9.63 Å². The zero-order valence-electron chi connectivity index (χ0n) is 8.47. The smallest absolute Gasteiger partial charge is 0.332 e. The first-order valence-electron chi connectivity index (χ1n) is 4.27. The van der Waals surface area contributed by atoms with Gasteiger partial charge in [-0.15, -0.1) is 0 Å². The highest BCUT2D eigenvalue weighted by Crippen LogP contribution is 2.14. The van der Waals surface area contributed by atoms with Gasteiger partial charge in [0, 0.05) is 6.20 Å². The van der Waals surface area contributed by atoms with Crippen LogP contribution in [0.15, 0.2) is 18.5 Å². The van der Waals surface area contributed by atoms with E-state index in [9.17, 15) is 9.59 Å². The molecule has 0 radical (unpaired) electrons. The largest absolute Gasteiger partial charge is 0.494 e. The maximum atomic E-state index is 11.5. The first-order valence-corrected chi connectivity index (χ1v) is 4.27. The minimum absolute atomic E-state index is 0.211. The van der Waals surface area contributed by atoms with Crippen molar-refractivity contribution in [3.05, 3.63) is 24.0 Å². The number of amides is 1. The van der Waals surface area contributed by atoms with Crippen LogP contribution in [-0.4, -0.2) is 35.7 Å². The average Bonchev–Trinajstić information content (AvgIpc) is 2.28. The van der Waals surface area contributed by atoms with E-state index in [4.69, 9.17) is 9.84 Å². The molecule has 0 saturated heterocycles. The standard InChI is InChI=1S/C9H10N2O5/c1-15-7-4-10-3-2-6(7)9(14)11-16-5-8(12)13/h2-4H,5H2,1H3,(H,11,14)(H,12,13). The fourth-order valence-corrected chi connectivity index (χ4v) is 0.949. The molecule has 2 N–H and O–H groups in total. The lowest BCUT2D eigenvalue weighted by Gasteiger charge is -2.07. The number of rotatable bonds is 5. The minimum atomic E-state index is -1.18. The van der Waals surface area contributed by atoms with Crippen molar-refractivity contribution in [3.8, 4) is 5.75 Å². The van der Waals surface area contributed by atoms with Gasteiger partial charge in [-0.25, -0.2) is 10.3 Å². The molecule has 0 aliphatic rings. The number of nitrogens with zero attached hydrogens (tertiary/aromatic N) is 1. The molecule has 7 nitrogen and oxygen atoms in total. The van der Waals surface area contributed by atoms with Crippen LogP contribution in [0.1, 0.15) is 10.4 Å². The molecule has 7 heteroatoms. The number of aliphatic carboxylic acids is 1. The van der Waals surface area contributed by atoms with Gasteiger partial charge in [0.2, 0.25) is 0 Å². The lowest BCUT2D eigenvalue weighted by atomic mass is 10.2. The normalized spacial score (nSPS) is 9.56. The molecular formula is C9H10N2O5. The van der Waals surface area contributed by atoms with Crippen LogP contribution in [0.2, 0.25) is 0 Å². The van der Waals surface area contributed by atoms with Gasteiger partial charge in [0.25, 0.3) is 5.91 Å². The number of pyridine rings is 1. The van der Waals surface area contributed by atoms with Crippen molar-refractivity contribution >= 4 is 11.9 Å². The highest BCUT2D eigenvalue weighted by Gasteiger charge is 2.12. The first-order chi connectivity index (χ1) is 7.65.